The van der Waals surface area contributed by atoms with Crippen molar-refractivity contribution in [1.82, 2.24) is 25.0 Å². The largest absolute Gasteiger partial charge is 0.450 e. The van der Waals surface area contributed by atoms with E-state index in [4.69, 9.17) is 16.0 Å². The van der Waals surface area contributed by atoms with Gasteiger partial charge in [-0.2, -0.15) is 0 Å². The summed E-state index contributed by atoms with van der Waals surface area (Å²) in [6.07, 6.45) is 7.03. The zero-order chi connectivity index (χ0) is 22.5. The van der Waals surface area contributed by atoms with Crippen molar-refractivity contribution >= 4 is 34.2 Å². The molecule has 3 aromatic rings. The number of carbonyl (C=O) groups excluding carboxylic acids is 1. The van der Waals surface area contributed by atoms with E-state index in [2.05, 4.69) is 27.4 Å². The van der Waals surface area contributed by atoms with E-state index in [0.29, 0.717) is 17.2 Å². The Bertz CT molecular complexity index is 1210. The van der Waals surface area contributed by atoms with E-state index >= 15 is 0 Å². The second kappa shape index (κ2) is 7.85. The zero-order valence-electron chi connectivity index (χ0n) is 18.4. The molecule has 0 atom stereocenters. The highest BCUT2D eigenvalue weighted by atomic mass is 35.5. The molecule has 3 heterocycles. The van der Waals surface area contributed by atoms with Gasteiger partial charge >= 0.3 is 0 Å². The van der Waals surface area contributed by atoms with Crippen molar-refractivity contribution in [2.45, 2.75) is 57.7 Å². The van der Waals surface area contributed by atoms with E-state index in [-0.39, 0.29) is 17.2 Å². The number of hydrogen-bond donors (Lipinski definition) is 2. The van der Waals surface area contributed by atoms with Gasteiger partial charge in [0.05, 0.1) is 28.6 Å². The Hall–Kier alpha value is -3.00. The fourth-order valence-corrected chi connectivity index (χ4v) is 5.29. The standard InChI is InChI=1S/C23H27ClN6O2/c1-4-30-13-25-28-18(30)12-29(3)22(31)17-11-15-10-16(24)20-19(21(15)32-17)23(27-14(2)26-20)8-6-5-7-9-23/h10-11,13,26-27H,2,4-9,12H2,1,3H3. The lowest BCUT2D eigenvalue weighted by Gasteiger charge is -2.44. The first-order valence-electron chi connectivity index (χ1n) is 11.0. The minimum absolute atomic E-state index is 0.212. The summed E-state index contributed by atoms with van der Waals surface area (Å²) < 4.78 is 8.15. The van der Waals surface area contributed by atoms with Crippen LogP contribution in [0.15, 0.2) is 35.3 Å². The van der Waals surface area contributed by atoms with Gasteiger partial charge in [0.25, 0.3) is 5.91 Å². The second-order valence-corrected chi connectivity index (χ2v) is 9.11. The summed E-state index contributed by atoms with van der Waals surface area (Å²) in [4.78, 5) is 14.8. The predicted molar refractivity (Wildman–Crippen MR) is 123 cm³/mol. The van der Waals surface area contributed by atoms with Gasteiger partial charge in [-0.25, -0.2) is 0 Å². The molecule has 1 amide bonds. The molecule has 2 aliphatic rings. The van der Waals surface area contributed by atoms with Crippen LogP contribution in [0, 0.1) is 0 Å². The summed E-state index contributed by atoms with van der Waals surface area (Å²) in [5.74, 6) is 1.54. The topological polar surface area (TPSA) is 88.2 Å². The smallest absolute Gasteiger partial charge is 0.289 e. The van der Waals surface area contributed by atoms with Gasteiger partial charge in [-0.3, -0.25) is 4.79 Å². The molecule has 0 radical (unpaired) electrons. The number of amides is 1. The van der Waals surface area contributed by atoms with Gasteiger partial charge in [-0.05, 0) is 31.9 Å². The Morgan fingerprint density at radius 3 is 2.88 bits per heavy atom. The molecule has 168 valence electrons. The summed E-state index contributed by atoms with van der Waals surface area (Å²) in [5, 5.41) is 16.3. The third-order valence-electron chi connectivity index (χ3n) is 6.58. The molecular formula is C23H27ClN6O2. The molecule has 2 N–H and O–H groups in total. The number of aryl methyl sites for hydroxylation is 1. The van der Waals surface area contributed by atoms with Gasteiger partial charge < -0.3 is 24.5 Å². The lowest BCUT2D eigenvalue weighted by Crippen LogP contribution is -2.48. The minimum Gasteiger partial charge on any atom is -0.450 e. The average molecular weight is 455 g/mol. The van der Waals surface area contributed by atoms with Crippen LogP contribution in [-0.2, 0) is 18.6 Å². The molecule has 0 saturated heterocycles. The van der Waals surface area contributed by atoms with Gasteiger partial charge in [0.15, 0.2) is 11.6 Å². The third-order valence-corrected chi connectivity index (χ3v) is 6.88. The molecule has 1 spiro atoms. The quantitative estimate of drug-likeness (QED) is 0.598. The molecule has 1 aliphatic carbocycles. The summed E-state index contributed by atoms with van der Waals surface area (Å²) in [6, 6.07) is 3.64. The molecule has 0 bridgehead atoms. The van der Waals surface area contributed by atoms with Crippen molar-refractivity contribution in [2.75, 3.05) is 12.4 Å². The van der Waals surface area contributed by atoms with E-state index in [0.717, 1.165) is 60.5 Å². The molecular weight excluding hydrogens is 428 g/mol. The van der Waals surface area contributed by atoms with Crippen molar-refractivity contribution in [2.24, 2.45) is 0 Å². The number of rotatable bonds is 4. The Morgan fingerprint density at radius 2 is 2.12 bits per heavy atom. The normalized spacial score (nSPS) is 17.2. The van der Waals surface area contributed by atoms with E-state index in [1.165, 1.54) is 6.42 Å². The molecule has 2 aromatic heterocycles. The number of nitrogens with zero attached hydrogens (tertiary/aromatic N) is 4. The molecule has 9 heteroatoms. The number of furan rings is 1. The second-order valence-electron chi connectivity index (χ2n) is 8.70. The van der Waals surface area contributed by atoms with Gasteiger partial charge in [-0.15, -0.1) is 10.2 Å². The van der Waals surface area contributed by atoms with Crippen molar-refractivity contribution in [1.29, 1.82) is 0 Å². The maximum atomic E-state index is 13.2. The van der Waals surface area contributed by atoms with Crippen LogP contribution in [0.5, 0.6) is 0 Å². The molecule has 1 aromatic carbocycles. The summed E-state index contributed by atoms with van der Waals surface area (Å²) >= 11 is 6.68. The predicted octanol–water partition coefficient (Wildman–Crippen LogP) is 4.62. The first kappa shape index (κ1) is 20.9. The maximum Gasteiger partial charge on any atom is 0.289 e. The van der Waals surface area contributed by atoms with E-state index in [1.54, 1.807) is 24.3 Å². The first-order valence-corrected chi connectivity index (χ1v) is 11.4. The number of carbonyl (C=O) groups is 1. The first-order chi connectivity index (χ1) is 15.4. The Morgan fingerprint density at radius 1 is 1.34 bits per heavy atom. The van der Waals surface area contributed by atoms with Crippen LogP contribution in [0.25, 0.3) is 11.0 Å². The molecule has 32 heavy (non-hydrogen) atoms. The number of nitrogens with one attached hydrogen (secondary N) is 2. The average Bonchev–Trinajstić information content (AvgIpc) is 3.40. The fraction of sp³-hybridized carbons (Fsp3) is 0.435. The number of aromatic nitrogens is 3. The number of fused-ring (bicyclic) bond motifs is 4. The molecule has 8 nitrogen and oxygen atoms in total. The van der Waals surface area contributed by atoms with Crippen LogP contribution >= 0.6 is 11.6 Å². The van der Waals surface area contributed by atoms with Crippen LogP contribution < -0.4 is 10.6 Å². The number of halogens is 1. The van der Waals surface area contributed by atoms with Crippen LogP contribution in [0.4, 0.5) is 5.69 Å². The van der Waals surface area contributed by atoms with Crippen LogP contribution in [0.2, 0.25) is 5.02 Å². The highest BCUT2D eigenvalue weighted by Crippen LogP contribution is 2.49. The number of hydrogen-bond acceptors (Lipinski definition) is 6. The van der Waals surface area contributed by atoms with Gasteiger partial charge in [0.1, 0.15) is 11.9 Å². The lowest BCUT2D eigenvalue weighted by molar-refractivity contribution is 0.0750. The molecule has 5 rings (SSSR count). The lowest BCUT2D eigenvalue weighted by atomic mass is 9.74. The van der Waals surface area contributed by atoms with E-state index in [1.807, 2.05) is 17.6 Å². The minimum atomic E-state index is -0.291. The molecule has 0 unspecified atom stereocenters. The number of benzene rings is 1. The Kier molecular flexibility index (Phi) is 5.12. The molecule has 1 aliphatic heterocycles. The van der Waals surface area contributed by atoms with Gasteiger partial charge in [0.2, 0.25) is 0 Å². The molecule has 1 fully saturated rings. The fourth-order valence-electron chi connectivity index (χ4n) is 5.03. The SMILES string of the molecule is C=C1Nc2c(Cl)cc3cc(C(=O)N(C)Cc4nncn4CC)oc3c2C2(CCCCC2)N1. The zero-order valence-corrected chi connectivity index (χ0v) is 19.1. The number of anilines is 1. The van der Waals surface area contributed by atoms with Crippen LogP contribution in [0.1, 0.15) is 61.0 Å². The van der Waals surface area contributed by atoms with Crippen molar-refractivity contribution in [3.63, 3.8) is 0 Å². The van der Waals surface area contributed by atoms with Crippen LogP contribution in [-0.4, -0.2) is 32.6 Å². The van der Waals surface area contributed by atoms with E-state index < -0.39 is 0 Å². The van der Waals surface area contributed by atoms with Crippen molar-refractivity contribution in [3.8, 4) is 0 Å². The van der Waals surface area contributed by atoms with E-state index in [9.17, 15) is 4.79 Å². The summed E-state index contributed by atoms with van der Waals surface area (Å²) in [6.45, 7) is 7.20. The highest BCUT2D eigenvalue weighted by Gasteiger charge is 2.42. The maximum absolute atomic E-state index is 13.2. The third kappa shape index (κ3) is 3.33. The van der Waals surface area contributed by atoms with Crippen molar-refractivity contribution in [3.05, 3.63) is 53.0 Å². The monoisotopic (exact) mass is 454 g/mol. The van der Waals surface area contributed by atoms with Gasteiger partial charge in [0, 0.05) is 24.5 Å². The Balaban J connectivity index is 1.55. The Labute approximate surface area is 191 Å². The van der Waals surface area contributed by atoms with Gasteiger partial charge in [-0.1, -0.05) is 37.4 Å². The molecule has 1 saturated carbocycles. The summed E-state index contributed by atoms with van der Waals surface area (Å²) in [5.41, 5.74) is 2.23. The van der Waals surface area contributed by atoms with Crippen molar-refractivity contribution < 1.29 is 9.21 Å². The summed E-state index contributed by atoms with van der Waals surface area (Å²) in [7, 11) is 1.74. The highest BCUT2D eigenvalue weighted by molar-refractivity contribution is 6.34. The van der Waals surface area contributed by atoms with Crippen LogP contribution in [0.3, 0.4) is 0 Å².